The Hall–Kier alpha value is -1.46. The molecule has 2 amide bonds. The van der Waals surface area contributed by atoms with Crippen LogP contribution in [0.5, 0.6) is 5.75 Å². The number of urea groups is 1. The smallest absolute Gasteiger partial charge is 0.328 e. The Kier molecular flexibility index (Phi) is 5.59. The van der Waals surface area contributed by atoms with E-state index in [4.69, 9.17) is 22.2 Å². The third-order valence-electron chi connectivity index (χ3n) is 2.13. The van der Waals surface area contributed by atoms with Gasteiger partial charge in [-0.15, -0.1) is 0 Å². The Morgan fingerprint density at radius 1 is 1.53 bits per heavy atom. The number of hydrazine groups is 1. The fraction of sp³-hybridized carbons (Fsp3) is 0.364. The number of nitrogens with one attached hydrogen (secondary N) is 2. The molecular formula is C11H16ClN3O2. The summed E-state index contributed by atoms with van der Waals surface area (Å²) in [5, 5.41) is 3.17. The molecule has 0 saturated carbocycles. The highest BCUT2D eigenvalue weighted by atomic mass is 35.5. The van der Waals surface area contributed by atoms with E-state index in [1.165, 1.54) is 0 Å². The second-order valence-corrected chi connectivity index (χ2v) is 3.76. The lowest BCUT2D eigenvalue weighted by molar-refractivity contribution is 0.241. The molecule has 0 bridgehead atoms. The zero-order valence-corrected chi connectivity index (χ0v) is 10.4. The van der Waals surface area contributed by atoms with Crippen LogP contribution in [-0.2, 0) is 6.42 Å². The van der Waals surface area contributed by atoms with Gasteiger partial charge >= 0.3 is 6.03 Å². The Morgan fingerprint density at radius 2 is 2.29 bits per heavy atom. The van der Waals surface area contributed by atoms with Gasteiger partial charge in [0.15, 0.2) is 0 Å². The van der Waals surface area contributed by atoms with Crippen LogP contribution >= 0.6 is 11.6 Å². The van der Waals surface area contributed by atoms with Crippen molar-refractivity contribution in [3.63, 3.8) is 0 Å². The molecule has 0 saturated heterocycles. The summed E-state index contributed by atoms with van der Waals surface area (Å²) >= 11 is 6.03. The highest BCUT2D eigenvalue weighted by Gasteiger charge is 2.03. The summed E-state index contributed by atoms with van der Waals surface area (Å²) in [5.41, 5.74) is 3.02. The van der Waals surface area contributed by atoms with Crippen LogP contribution in [-0.4, -0.2) is 19.2 Å². The minimum atomic E-state index is -0.401. The molecule has 1 aromatic rings. The van der Waals surface area contributed by atoms with E-state index in [1.54, 1.807) is 0 Å². The molecule has 4 N–H and O–H groups in total. The minimum Gasteiger partial charge on any atom is -0.492 e. The van der Waals surface area contributed by atoms with Crippen LogP contribution in [0.15, 0.2) is 18.2 Å². The number of halogens is 1. The van der Waals surface area contributed by atoms with E-state index in [0.717, 1.165) is 5.56 Å². The maximum absolute atomic E-state index is 10.8. The molecule has 0 aliphatic rings. The van der Waals surface area contributed by atoms with Gasteiger partial charge in [-0.2, -0.15) is 0 Å². The molecule has 0 aliphatic heterocycles. The monoisotopic (exact) mass is 257 g/mol. The van der Waals surface area contributed by atoms with Crippen molar-refractivity contribution in [1.29, 1.82) is 0 Å². The number of amides is 2. The number of ether oxygens (including phenoxy) is 1. The average molecular weight is 258 g/mol. The third-order valence-corrected chi connectivity index (χ3v) is 2.42. The van der Waals surface area contributed by atoms with Gasteiger partial charge in [-0.25, -0.2) is 10.6 Å². The molecule has 0 aliphatic carbocycles. The van der Waals surface area contributed by atoms with Crippen LogP contribution in [0.3, 0.4) is 0 Å². The SMILES string of the molecule is CCOc1ccc(CCNC(=O)NN)cc1Cl. The Balaban J connectivity index is 2.50. The van der Waals surface area contributed by atoms with Gasteiger partial charge in [-0.1, -0.05) is 17.7 Å². The number of nitrogens with two attached hydrogens (primary N) is 1. The van der Waals surface area contributed by atoms with E-state index in [1.807, 2.05) is 30.5 Å². The van der Waals surface area contributed by atoms with Crippen LogP contribution in [0.25, 0.3) is 0 Å². The van der Waals surface area contributed by atoms with Crippen LogP contribution in [0.2, 0.25) is 5.02 Å². The number of benzene rings is 1. The van der Waals surface area contributed by atoms with E-state index in [-0.39, 0.29) is 0 Å². The highest BCUT2D eigenvalue weighted by molar-refractivity contribution is 6.32. The largest absolute Gasteiger partial charge is 0.492 e. The van der Waals surface area contributed by atoms with Crippen molar-refractivity contribution in [2.24, 2.45) is 5.84 Å². The Morgan fingerprint density at radius 3 is 2.88 bits per heavy atom. The number of hydrogen-bond acceptors (Lipinski definition) is 3. The van der Waals surface area contributed by atoms with Gasteiger partial charge in [0.05, 0.1) is 11.6 Å². The highest BCUT2D eigenvalue weighted by Crippen LogP contribution is 2.25. The fourth-order valence-corrected chi connectivity index (χ4v) is 1.60. The van der Waals surface area contributed by atoms with Crippen molar-refractivity contribution in [3.05, 3.63) is 28.8 Å². The lowest BCUT2D eigenvalue weighted by atomic mass is 10.1. The number of carbonyl (C=O) groups is 1. The first-order valence-electron chi connectivity index (χ1n) is 5.33. The molecule has 94 valence electrons. The lowest BCUT2D eigenvalue weighted by Crippen LogP contribution is -2.40. The summed E-state index contributed by atoms with van der Waals surface area (Å²) < 4.78 is 5.32. The molecule has 0 unspecified atom stereocenters. The third kappa shape index (κ3) is 4.50. The van der Waals surface area contributed by atoms with Crippen LogP contribution in [0, 0.1) is 0 Å². The lowest BCUT2D eigenvalue weighted by Gasteiger charge is -2.08. The number of carbonyl (C=O) groups excluding carboxylic acids is 1. The Labute approximate surface area is 105 Å². The van der Waals surface area contributed by atoms with Gasteiger partial charge in [-0.05, 0) is 31.0 Å². The fourth-order valence-electron chi connectivity index (χ4n) is 1.34. The van der Waals surface area contributed by atoms with Crippen molar-refractivity contribution in [1.82, 2.24) is 10.7 Å². The molecule has 0 aromatic heterocycles. The molecule has 0 heterocycles. The van der Waals surface area contributed by atoms with Crippen molar-refractivity contribution < 1.29 is 9.53 Å². The maximum Gasteiger partial charge on any atom is 0.328 e. The van der Waals surface area contributed by atoms with Crippen molar-refractivity contribution in [3.8, 4) is 5.75 Å². The maximum atomic E-state index is 10.8. The molecule has 17 heavy (non-hydrogen) atoms. The predicted molar refractivity (Wildman–Crippen MR) is 67.0 cm³/mol. The van der Waals surface area contributed by atoms with Gasteiger partial charge in [0.2, 0.25) is 0 Å². The average Bonchev–Trinajstić information content (AvgIpc) is 2.32. The van der Waals surface area contributed by atoms with Gasteiger partial charge in [-0.3, -0.25) is 5.43 Å². The zero-order chi connectivity index (χ0) is 12.7. The van der Waals surface area contributed by atoms with E-state index >= 15 is 0 Å². The van der Waals surface area contributed by atoms with Gasteiger partial charge < -0.3 is 10.1 Å². The van der Waals surface area contributed by atoms with Crippen molar-refractivity contribution >= 4 is 17.6 Å². The van der Waals surface area contributed by atoms with E-state index in [0.29, 0.717) is 30.3 Å². The quantitative estimate of drug-likeness (QED) is 0.425. The molecule has 6 heteroatoms. The van der Waals surface area contributed by atoms with Crippen molar-refractivity contribution in [2.75, 3.05) is 13.2 Å². The van der Waals surface area contributed by atoms with Gasteiger partial charge in [0.1, 0.15) is 5.75 Å². The molecular weight excluding hydrogens is 242 g/mol. The summed E-state index contributed by atoms with van der Waals surface area (Å²) in [6.45, 7) is 2.98. The standard InChI is InChI=1S/C11H16ClN3O2/c1-2-17-10-4-3-8(7-9(10)12)5-6-14-11(16)15-13/h3-4,7H,2,5-6,13H2,1H3,(H2,14,15,16). The molecule has 0 fully saturated rings. The predicted octanol–water partition coefficient (Wildman–Crippen LogP) is 1.45. The molecule has 5 nitrogen and oxygen atoms in total. The summed E-state index contributed by atoms with van der Waals surface area (Å²) in [6, 6.07) is 5.17. The zero-order valence-electron chi connectivity index (χ0n) is 9.63. The number of hydrogen-bond donors (Lipinski definition) is 3. The summed E-state index contributed by atoms with van der Waals surface area (Å²) in [7, 11) is 0. The van der Waals surface area contributed by atoms with E-state index < -0.39 is 6.03 Å². The summed E-state index contributed by atoms with van der Waals surface area (Å²) in [5.74, 6) is 5.60. The van der Waals surface area contributed by atoms with Gasteiger partial charge in [0, 0.05) is 6.54 Å². The first kappa shape index (κ1) is 13.6. The molecule has 1 aromatic carbocycles. The van der Waals surface area contributed by atoms with Crippen molar-refractivity contribution in [2.45, 2.75) is 13.3 Å². The Bertz CT molecular complexity index is 385. The first-order valence-corrected chi connectivity index (χ1v) is 5.70. The molecule has 1 rings (SSSR count). The molecule has 0 atom stereocenters. The second kappa shape index (κ2) is 6.98. The first-order chi connectivity index (χ1) is 8.17. The molecule has 0 radical (unpaired) electrons. The minimum absolute atomic E-state index is 0.401. The van der Waals surface area contributed by atoms with Gasteiger partial charge in [0.25, 0.3) is 0 Å². The van der Waals surface area contributed by atoms with E-state index in [9.17, 15) is 4.79 Å². The summed E-state index contributed by atoms with van der Waals surface area (Å²) in [4.78, 5) is 10.8. The second-order valence-electron chi connectivity index (χ2n) is 3.35. The van der Waals surface area contributed by atoms with Crippen LogP contribution < -0.4 is 21.3 Å². The number of rotatable bonds is 5. The normalized spacial score (nSPS) is 9.82. The topological polar surface area (TPSA) is 76.4 Å². The van der Waals surface area contributed by atoms with Crippen LogP contribution in [0.4, 0.5) is 4.79 Å². The van der Waals surface area contributed by atoms with Crippen LogP contribution in [0.1, 0.15) is 12.5 Å². The van der Waals surface area contributed by atoms with E-state index in [2.05, 4.69) is 5.32 Å². The summed E-state index contributed by atoms with van der Waals surface area (Å²) in [6.07, 6.45) is 0.680. The molecule has 0 spiro atoms.